The summed E-state index contributed by atoms with van der Waals surface area (Å²) in [6, 6.07) is 11.2. The minimum atomic E-state index is -3.48. The van der Waals surface area contributed by atoms with E-state index < -0.39 is 10.0 Å². The summed E-state index contributed by atoms with van der Waals surface area (Å²) in [5, 5.41) is 3.25. The molecule has 0 unspecified atom stereocenters. The molecule has 0 radical (unpaired) electrons. The van der Waals surface area contributed by atoms with Crippen molar-refractivity contribution in [2.75, 3.05) is 25.0 Å². The lowest BCUT2D eigenvalue weighted by atomic mass is 10.2. The second-order valence-corrected chi connectivity index (χ2v) is 9.63. The van der Waals surface area contributed by atoms with Crippen LogP contribution in [0.4, 0.5) is 5.69 Å². The molecule has 6 nitrogen and oxygen atoms in total. The lowest BCUT2D eigenvalue weighted by Gasteiger charge is -2.25. The number of nitrogens with one attached hydrogen (secondary N) is 1. The van der Waals surface area contributed by atoms with Gasteiger partial charge in [0.25, 0.3) is 5.91 Å². The number of nitrogens with zero attached hydrogens (tertiary/aromatic N) is 1. The zero-order valence-electron chi connectivity index (χ0n) is 15.0. The number of carbonyl (C=O) groups excluding carboxylic acids is 1. The number of hydrogen-bond acceptors (Lipinski definition) is 4. The molecule has 1 saturated heterocycles. The molecular formula is C19H20BrClN2O4S. The number of carbonyl (C=O) groups is 1. The number of ether oxygens (including phenoxy) is 1. The van der Waals surface area contributed by atoms with Crippen LogP contribution in [0.3, 0.4) is 0 Å². The Morgan fingerprint density at radius 2 is 1.79 bits per heavy atom. The van der Waals surface area contributed by atoms with Gasteiger partial charge < -0.3 is 10.1 Å². The monoisotopic (exact) mass is 486 g/mol. The minimum absolute atomic E-state index is 0.186. The van der Waals surface area contributed by atoms with Crippen molar-refractivity contribution in [3.05, 3.63) is 52.0 Å². The maximum atomic E-state index is 12.6. The number of halogens is 2. The van der Waals surface area contributed by atoms with Gasteiger partial charge in [0.2, 0.25) is 10.0 Å². The van der Waals surface area contributed by atoms with Gasteiger partial charge in [-0.05, 0) is 71.2 Å². The average Bonchev–Trinajstić information content (AvgIpc) is 2.68. The summed E-state index contributed by atoms with van der Waals surface area (Å²) in [7, 11) is -3.48. The molecule has 28 heavy (non-hydrogen) atoms. The van der Waals surface area contributed by atoms with E-state index in [1.54, 1.807) is 30.3 Å². The van der Waals surface area contributed by atoms with Crippen molar-refractivity contribution in [1.29, 1.82) is 0 Å². The van der Waals surface area contributed by atoms with Gasteiger partial charge in [-0.15, -0.1) is 0 Å². The molecule has 0 spiro atoms. The normalized spacial score (nSPS) is 15.2. The standard InChI is InChI=1S/C19H20BrClN2O4S/c20-17-12-14(21)4-9-18(17)27-13-19(24)22-15-5-7-16(8-6-15)28(25,26)23-10-2-1-3-11-23/h4-9,12H,1-3,10-11,13H2,(H,22,24). The fraction of sp³-hybridized carbons (Fsp3) is 0.316. The fourth-order valence-electron chi connectivity index (χ4n) is 2.90. The van der Waals surface area contributed by atoms with Crippen LogP contribution in [-0.2, 0) is 14.8 Å². The molecule has 3 rings (SSSR count). The van der Waals surface area contributed by atoms with E-state index in [-0.39, 0.29) is 17.4 Å². The molecule has 1 aliphatic rings. The third kappa shape index (κ3) is 5.26. The summed E-state index contributed by atoms with van der Waals surface area (Å²) in [6.07, 6.45) is 2.83. The highest BCUT2D eigenvalue weighted by Gasteiger charge is 2.25. The highest BCUT2D eigenvalue weighted by molar-refractivity contribution is 9.10. The first kappa shape index (κ1) is 21.1. The Labute approximate surface area is 178 Å². The Hall–Kier alpha value is -1.61. The van der Waals surface area contributed by atoms with Crippen LogP contribution >= 0.6 is 27.5 Å². The minimum Gasteiger partial charge on any atom is -0.483 e. The SMILES string of the molecule is O=C(COc1ccc(Cl)cc1Br)Nc1ccc(S(=O)(=O)N2CCCCC2)cc1. The first-order valence-corrected chi connectivity index (χ1v) is 11.5. The molecule has 0 aromatic heterocycles. The Bertz CT molecular complexity index is 945. The Morgan fingerprint density at radius 1 is 1.11 bits per heavy atom. The van der Waals surface area contributed by atoms with E-state index in [4.69, 9.17) is 16.3 Å². The Balaban J connectivity index is 1.58. The van der Waals surface area contributed by atoms with E-state index in [0.717, 1.165) is 19.3 Å². The Morgan fingerprint density at radius 3 is 2.43 bits per heavy atom. The van der Waals surface area contributed by atoms with Crippen molar-refractivity contribution in [3.8, 4) is 5.75 Å². The molecule has 2 aromatic rings. The van der Waals surface area contributed by atoms with Crippen molar-refractivity contribution >= 4 is 49.1 Å². The van der Waals surface area contributed by atoms with Crippen molar-refractivity contribution < 1.29 is 17.9 Å². The molecule has 0 bridgehead atoms. The van der Waals surface area contributed by atoms with Gasteiger partial charge in [0, 0.05) is 23.8 Å². The summed E-state index contributed by atoms with van der Waals surface area (Å²) in [4.78, 5) is 12.3. The van der Waals surface area contributed by atoms with Crippen molar-refractivity contribution in [3.63, 3.8) is 0 Å². The van der Waals surface area contributed by atoms with Crippen LogP contribution in [0.5, 0.6) is 5.75 Å². The largest absolute Gasteiger partial charge is 0.483 e. The van der Waals surface area contributed by atoms with Crippen molar-refractivity contribution in [2.45, 2.75) is 24.2 Å². The summed E-state index contributed by atoms with van der Waals surface area (Å²) in [5.41, 5.74) is 0.501. The second kappa shape index (κ2) is 9.26. The van der Waals surface area contributed by atoms with Crippen LogP contribution in [-0.4, -0.2) is 38.3 Å². The van der Waals surface area contributed by atoms with Gasteiger partial charge >= 0.3 is 0 Å². The zero-order valence-corrected chi connectivity index (χ0v) is 18.2. The van der Waals surface area contributed by atoms with E-state index in [1.807, 2.05) is 0 Å². The third-order valence-electron chi connectivity index (χ3n) is 4.34. The van der Waals surface area contributed by atoms with Crippen LogP contribution in [0.25, 0.3) is 0 Å². The number of amides is 1. The van der Waals surface area contributed by atoms with Crippen LogP contribution in [0, 0.1) is 0 Å². The molecule has 1 heterocycles. The topological polar surface area (TPSA) is 75.7 Å². The first-order valence-electron chi connectivity index (χ1n) is 8.84. The number of benzene rings is 2. The summed E-state index contributed by atoms with van der Waals surface area (Å²) < 4.78 is 32.9. The van der Waals surface area contributed by atoms with E-state index in [9.17, 15) is 13.2 Å². The molecule has 9 heteroatoms. The van der Waals surface area contributed by atoms with Crippen molar-refractivity contribution in [1.82, 2.24) is 4.31 Å². The molecule has 0 saturated carbocycles. The van der Waals surface area contributed by atoms with Gasteiger partial charge in [-0.25, -0.2) is 8.42 Å². The maximum absolute atomic E-state index is 12.6. The highest BCUT2D eigenvalue weighted by Crippen LogP contribution is 2.28. The summed E-state index contributed by atoms with van der Waals surface area (Å²) >= 11 is 9.19. The quantitative estimate of drug-likeness (QED) is 0.659. The molecule has 0 atom stereocenters. The Kier molecular flexibility index (Phi) is 6.98. The van der Waals surface area contributed by atoms with Gasteiger partial charge in [-0.3, -0.25) is 4.79 Å². The predicted molar refractivity (Wildman–Crippen MR) is 112 cm³/mol. The highest BCUT2D eigenvalue weighted by atomic mass is 79.9. The van der Waals surface area contributed by atoms with E-state index in [1.165, 1.54) is 16.4 Å². The first-order chi connectivity index (χ1) is 13.4. The summed E-state index contributed by atoms with van der Waals surface area (Å²) in [6.45, 7) is 0.922. The van der Waals surface area contributed by atoms with Gasteiger partial charge in [-0.2, -0.15) is 4.31 Å². The number of hydrogen-bond donors (Lipinski definition) is 1. The number of sulfonamides is 1. The molecule has 1 fully saturated rings. The van der Waals surface area contributed by atoms with E-state index >= 15 is 0 Å². The van der Waals surface area contributed by atoms with Gasteiger partial charge in [0.15, 0.2) is 6.61 Å². The average molecular weight is 488 g/mol. The predicted octanol–water partition coefficient (Wildman–Crippen LogP) is 4.29. The lowest BCUT2D eigenvalue weighted by molar-refractivity contribution is -0.118. The molecule has 1 amide bonds. The van der Waals surface area contributed by atoms with Gasteiger partial charge in [-0.1, -0.05) is 18.0 Å². The molecule has 1 N–H and O–H groups in total. The maximum Gasteiger partial charge on any atom is 0.262 e. The zero-order chi connectivity index (χ0) is 20.1. The lowest BCUT2D eigenvalue weighted by Crippen LogP contribution is -2.35. The molecule has 150 valence electrons. The number of anilines is 1. The van der Waals surface area contributed by atoms with Crippen molar-refractivity contribution in [2.24, 2.45) is 0 Å². The van der Waals surface area contributed by atoms with Gasteiger partial charge in [0.1, 0.15) is 5.75 Å². The molecule has 2 aromatic carbocycles. The smallest absolute Gasteiger partial charge is 0.262 e. The molecule has 0 aliphatic carbocycles. The fourth-order valence-corrected chi connectivity index (χ4v) is 5.21. The number of piperidine rings is 1. The van der Waals surface area contributed by atoms with E-state index in [2.05, 4.69) is 21.2 Å². The second-order valence-electron chi connectivity index (χ2n) is 6.40. The van der Waals surface area contributed by atoms with Gasteiger partial charge in [0.05, 0.1) is 9.37 Å². The molecule has 1 aliphatic heterocycles. The summed E-state index contributed by atoms with van der Waals surface area (Å²) in [5.74, 6) is 0.149. The van der Waals surface area contributed by atoms with Crippen LogP contribution in [0.15, 0.2) is 51.8 Å². The van der Waals surface area contributed by atoms with Crippen LogP contribution < -0.4 is 10.1 Å². The van der Waals surface area contributed by atoms with Crippen LogP contribution in [0.2, 0.25) is 5.02 Å². The number of rotatable bonds is 6. The third-order valence-corrected chi connectivity index (χ3v) is 7.11. The van der Waals surface area contributed by atoms with E-state index in [0.29, 0.717) is 34.0 Å². The molecular weight excluding hydrogens is 468 g/mol. The van der Waals surface area contributed by atoms with Crippen LogP contribution in [0.1, 0.15) is 19.3 Å².